The van der Waals surface area contributed by atoms with Gasteiger partial charge in [-0.25, -0.2) is 4.79 Å². The Hall–Kier alpha value is -1.14. The molecule has 0 aliphatic carbocycles. The van der Waals surface area contributed by atoms with Crippen molar-refractivity contribution in [1.29, 1.82) is 0 Å². The highest BCUT2D eigenvalue weighted by Crippen LogP contribution is 2.27. The molecule has 0 radical (unpaired) electrons. The lowest BCUT2D eigenvalue weighted by Crippen LogP contribution is -2.52. The SMILES string of the molecule is COC1(C)CCCN(C(=O)C2CCC(C(=O)O)O2)C1. The Bertz CT molecular complexity index is 372. The number of hydrogen-bond acceptors (Lipinski definition) is 4. The maximum absolute atomic E-state index is 12.3. The molecule has 2 heterocycles. The van der Waals surface area contributed by atoms with E-state index in [9.17, 15) is 9.59 Å². The van der Waals surface area contributed by atoms with Gasteiger partial charge in [-0.1, -0.05) is 0 Å². The van der Waals surface area contributed by atoms with E-state index in [1.807, 2.05) is 6.92 Å². The van der Waals surface area contributed by atoms with Gasteiger partial charge < -0.3 is 19.5 Å². The molecule has 108 valence electrons. The summed E-state index contributed by atoms with van der Waals surface area (Å²) < 4.78 is 10.8. The summed E-state index contributed by atoms with van der Waals surface area (Å²) in [4.78, 5) is 24.9. The molecule has 0 spiro atoms. The lowest BCUT2D eigenvalue weighted by Gasteiger charge is -2.40. The number of carbonyl (C=O) groups is 2. The number of carboxylic acids is 1. The molecule has 0 bridgehead atoms. The zero-order valence-electron chi connectivity index (χ0n) is 11.4. The minimum absolute atomic E-state index is 0.105. The molecule has 2 saturated heterocycles. The highest BCUT2D eigenvalue weighted by molar-refractivity contribution is 5.83. The van der Waals surface area contributed by atoms with Gasteiger partial charge in [0.2, 0.25) is 0 Å². The molecular formula is C13H21NO5. The van der Waals surface area contributed by atoms with Crippen LogP contribution in [0.1, 0.15) is 32.6 Å². The standard InChI is InChI=1S/C13H21NO5/c1-13(18-2)6-3-7-14(8-13)11(15)9-4-5-10(19-9)12(16)17/h9-10H,3-8H2,1-2H3,(H,16,17). The van der Waals surface area contributed by atoms with Crippen LogP contribution in [0.25, 0.3) is 0 Å². The normalized spacial score (nSPS) is 35.4. The highest BCUT2D eigenvalue weighted by atomic mass is 16.5. The number of methoxy groups -OCH3 is 1. The van der Waals surface area contributed by atoms with Gasteiger partial charge >= 0.3 is 5.97 Å². The lowest BCUT2D eigenvalue weighted by atomic mass is 9.94. The van der Waals surface area contributed by atoms with Crippen molar-refractivity contribution >= 4 is 11.9 Å². The van der Waals surface area contributed by atoms with Crippen LogP contribution in [0.5, 0.6) is 0 Å². The number of piperidine rings is 1. The average Bonchev–Trinajstić information content (AvgIpc) is 2.87. The van der Waals surface area contributed by atoms with Crippen molar-refractivity contribution in [3.8, 4) is 0 Å². The monoisotopic (exact) mass is 271 g/mol. The summed E-state index contributed by atoms with van der Waals surface area (Å²) in [5.74, 6) is -1.10. The molecule has 1 N–H and O–H groups in total. The van der Waals surface area contributed by atoms with E-state index < -0.39 is 18.2 Å². The van der Waals surface area contributed by atoms with E-state index in [1.54, 1.807) is 12.0 Å². The summed E-state index contributed by atoms with van der Waals surface area (Å²) in [5.41, 5.74) is -0.307. The van der Waals surface area contributed by atoms with Crippen LogP contribution in [-0.2, 0) is 19.1 Å². The number of carbonyl (C=O) groups excluding carboxylic acids is 1. The number of hydrogen-bond donors (Lipinski definition) is 1. The van der Waals surface area contributed by atoms with Crippen LogP contribution in [0, 0.1) is 0 Å². The molecule has 2 aliphatic rings. The number of nitrogens with zero attached hydrogens (tertiary/aromatic N) is 1. The molecule has 0 aromatic carbocycles. The minimum atomic E-state index is -0.990. The van der Waals surface area contributed by atoms with Crippen LogP contribution in [0.3, 0.4) is 0 Å². The first-order valence-corrected chi connectivity index (χ1v) is 6.67. The van der Waals surface area contributed by atoms with Gasteiger partial charge in [-0.3, -0.25) is 4.79 Å². The zero-order valence-corrected chi connectivity index (χ0v) is 11.4. The van der Waals surface area contributed by atoms with Crippen molar-refractivity contribution in [3.63, 3.8) is 0 Å². The average molecular weight is 271 g/mol. The highest BCUT2D eigenvalue weighted by Gasteiger charge is 2.40. The van der Waals surface area contributed by atoms with Gasteiger partial charge in [-0.05, 0) is 32.6 Å². The molecule has 2 fully saturated rings. The fraction of sp³-hybridized carbons (Fsp3) is 0.846. The van der Waals surface area contributed by atoms with Crippen molar-refractivity contribution in [3.05, 3.63) is 0 Å². The first kappa shape index (κ1) is 14.3. The number of likely N-dealkylation sites (tertiary alicyclic amines) is 1. The first-order chi connectivity index (χ1) is 8.95. The van der Waals surface area contributed by atoms with Crippen LogP contribution in [0.2, 0.25) is 0 Å². The third-order valence-corrected chi connectivity index (χ3v) is 4.03. The summed E-state index contributed by atoms with van der Waals surface area (Å²) in [7, 11) is 1.65. The van der Waals surface area contributed by atoms with E-state index in [0.717, 1.165) is 12.8 Å². The molecule has 0 saturated carbocycles. The molecule has 6 heteroatoms. The molecule has 2 aliphatic heterocycles. The maximum atomic E-state index is 12.3. The van der Waals surface area contributed by atoms with E-state index in [2.05, 4.69) is 0 Å². The summed E-state index contributed by atoms with van der Waals surface area (Å²) in [6.07, 6.45) is 1.26. The Morgan fingerprint density at radius 2 is 2.05 bits per heavy atom. The zero-order chi connectivity index (χ0) is 14.0. The molecule has 3 unspecified atom stereocenters. The molecule has 3 atom stereocenters. The van der Waals surface area contributed by atoms with Gasteiger partial charge in [0.25, 0.3) is 5.91 Å². The van der Waals surface area contributed by atoms with Gasteiger partial charge in [0.1, 0.15) is 6.10 Å². The van der Waals surface area contributed by atoms with Gasteiger partial charge in [0.15, 0.2) is 6.10 Å². The minimum Gasteiger partial charge on any atom is -0.479 e. The molecule has 0 aromatic rings. The van der Waals surface area contributed by atoms with Crippen LogP contribution in [-0.4, -0.2) is 59.9 Å². The Labute approximate surface area is 112 Å². The summed E-state index contributed by atoms with van der Waals surface area (Å²) in [6.45, 7) is 3.22. The van der Waals surface area contributed by atoms with E-state index in [-0.39, 0.29) is 11.5 Å². The fourth-order valence-electron chi connectivity index (χ4n) is 2.76. The lowest BCUT2D eigenvalue weighted by molar-refractivity contribution is -0.158. The topological polar surface area (TPSA) is 76.1 Å². The molecular weight excluding hydrogens is 250 g/mol. The molecule has 1 amide bonds. The van der Waals surface area contributed by atoms with E-state index in [1.165, 1.54) is 0 Å². The predicted molar refractivity (Wildman–Crippen MR) is 66.8 cm³/mol. The van der Waals surface area contributed by atoms with Gasteiger partial charge in [0, 0.05) is 20.2 Å². The van der Waals surface area contributed by atoms with Gasteiger partial charge in [-0.15, -0.1) is 0 Å². The van der Waals surface area contributed by atoms with Gasteiger partial charge in [-0.2, -0.15) is 0 Å². The molecule has 2 rings (SSSR count). The number of rotatable bonds is 3. The van der Waals surface area contributed by atoms with Crippen molar-refractivity contribution in [2.75, 3.05) is 20.2 Å². The molecule has 19 heavy (non-hydrogen) atoms. The Balaban J connectivity index is 1.95. The van der Waals surface area contributed by atoms with E-state index >= 15 is 0 Å². The van der Waals surface area contributed by atoms with Crippen LogP contribution in [0.15, 0.2) is 0 Å². The number of amides is 1. The fourth-order valence-corrected chi connectivity index (χ4v) is 2.76. The van der Waals surface area contributed by atoms with Crippen molar-refractivity contribution < 1.29 is 24.2 Å². The van der Waals surface area contributed by atoms with Crippen LogP contribution in [0.4, 0.5) is 0 Å². The second kappa shape index (κ2) is 5.46. The number of ether oxygens (including phenoxy) is 2. The number of carboxylic acid groups (broad SMARTS) is 1. The Kier molecular flexibility index (Phi) is 4.10. The number of aliphatic carboxylic acids is 1. The first-order valence-electron chi connectivity index (χ1n) is 6.67. The van der Waals surface area contributed by atoms with Crippen molar-refractivity contribution in [1.82, 2.24) is 4.90 Å². The Morgan fingerprint density at radius 3 is 2.63 bits per heavy atom. The maximum Gasteiger partial charge on any atom is 0.332 e. The molecule has 6 nitrogen and oxygen atoms in total. The van der Waals surface area contributed by atoms with E-state index in [4.69, 9.17) is 14.6 Å². The predicted octanol–water partition coefficient (Wildman–Crippen LogP) is 0.646. The Morgan fingerprint density at radius 1 is 1.37 bits per heavy atom. The van der Waals surface area contributed by atoms with Crippen LogP contribution >= 0.6 is 0 Å². The van der Waals surface area contributed by atoms with Crippen molar-refractivity contribution in [2.45, 2.75) is 50.4 Å². The second-order valence-electron chi connectivity index (χ2n) is 5.55. The summed E-state index contributed by atoms with van der Waals surface area (Å²) in [6, 6.07) is 0. The third kappa shape index (κ3) is 3.06. The van der Waals surface area contributed by atoms with E-state index in [0.29, 0.717) is 25.9 Å². The van der Waals surface area contributed by atoms with Crippen molar-refractivity contribution in [2.24, 2.45) is 0 Å². The molecule has 0 aromatic heterocycles. The quantitative estimate of drug-likeness (QED) is 0.815. The third-order valence-electron chi connectivity index (χ3n) is 4.03. The second-order valence-corrected chi connectivity index (χ2v) is 5.55. The van der Waals surface area contributed by atoms with Gasteiger partial charge in [0.05, 0.1) is 5.60 Å². The largest absolute Gasteiger partial charge is 0.479 e. The smallest absolute Gasteiger partial charge is 0.332 e. The van der Waals surface area contributed by atoms with Crippen LogP contribution < -0.4 is 0 Å². The summed E-state index contributed by atoms with van der Waals surface area (Å²) >= 11 is 0. The summed E-state index contributed by atoms with van der Waals surface area (Å²) in [5, 5.41) is 8.87.